The predicted octanol–water partition coefficient (Wildman–Crippen LogP) is 12.8. The lowest BCUT2D eigenvalue weighted by Gasteiger charge is -2.29. The minimum atomic E-state index is -4.35. The van der Waals surface area contributed by atoms with Crippen LogP contribution in [0.2, 0.25) is 0 Å². The van der Waals surface area contributed by atoms with Gasteiger partial charge in [0.05, 0.1) is 0 Å². The Hall–Kier alpha value is -1.39. The van der Waals surface area contributed by atoms with Gasteiger partial charge in [-0.2, -0.15) is 8.42 Å². The van der Waals surface area contributed by atoms with Gasteiger partial charge in [0.2, 0.25) is 0 Å². The van der Waals surface area contributed by atoms with E-state index in [0.29, 0.717) is 11.3 Å². The first-order valence-electron chi connectivity index (χ1n) is 17.9. The summed E-state index contributed by atoms with van der Waals surface area (Å²) in [5.41, 5.74) is 0.848. The van der Waals surface area contributed by atoms with Gasteiger partial charge in [0.15, 0.2) is 0 Å². The first kappa shape index (κ1) is 36.8. The number of fused-ring (bicyclic) bond motifs is 1. The minimum Gasteiger partial charge on any atom is -0.282 e. The summed E-state index contributed by atoms with van der Waals surface area (Å²) in [4.78, 5) is 0.158. The van der Waals surface area contributed by atoms with E-state index in [4.69, 9.17) is 0 Å². The molecule has 1 N–H and O–H groups in total. The molecule has 0 aliphatic carbocycles. The third-order valence-electron chi connectivity index (χ3n) is 9.34. The summed E-state index contributed by atoms with van der Waals surface area (Å²) in [6.45, 7) is 6.79. The average Bonchev–Trinajstić information content (AvgIpc) is 2.97. The van der Waals surface area contributed by atoms with Crippen LogP contribution in [0.5, 0.6) is 0 Å². The molecule has 0 aliphatic rings. The summed E-state index contributed by atoms with van der Waals surface area (Å²) in [6.07, 6.45) is 29.2. The molecule has 240 valence electrons. The molecule has 3 nitrogen and oxygen atoms in total. The smallest absolute Gasteiger partial charge is 0.282 e. The monoisotopic (exact) mass is 600 g/mol. The van der Waals surface area contributed by atoms with E-state index in [1.807, 2.05) is 30.3 Å². The Morgan fingerprint density at radius 1 is 0.548 bits per heavy atom. The molecule has 4 heteroatoms. The van der Waals surface area contributed by atoms with E-state index in [1.54, 1.807) is 0 Å². The van der Waals surface area contributed by atoms with E-state index >= 15 is 0 Å². The molecule has 0 fully saturated rings. The lowest BCUT2D eigenvalue weighted by molar-refractivity contribution is 0.326. The number of benzene rings is 2. The maximum Gasteiger partial charge on any atom is 0.295 e. The van der Waals surface area contributed by atoms with Gasteiger partial charge in [-0.1, -0.05) is 192 Å². The Kier molecular flexibility index (Phi) is 19.4. The molecule has 0 radical (unpaired) electrons. The van der Waals surface area contributed by atoms with Crippen LogP contribution >= 0.6 is 0 Å². The van der Waals surface area contributed by atoms with E-state index in [1.165, 1.54) is 116 Å². The number of rotatable bonds is 26. The van der Waals surface area contributed by atoms with E-state index in [0.717, 1.165) is 43.1 Å². The van der Waals surface area contributed by atoms with Gasteiger partial charge in [0.1, 0.15) is 4.90 Å². The van der Waals surface area contributed by atoms with Crippen molar-refractivity contribution in [1.29, 1.82) is 0 Å². The third kappa shape index (κ3) is 13.9. The highest BCUT2D eigenvalue weighted by molar-refractivity contribution is 7.86. The van der Waals surface area contributed by atoms with Crippen molar-refractivity contribution in [2.24, 2.45) is 5.92 Å². The number of unbranched alkanes of at least 4 members (excludes halogenated alkanes) is 17. The summed E-state index contributed by atoms with van der Waals surface area (Å²) < 4.78 is 36.2. The molecule has 0 aliphatic heterocycles. The summed E-state index contributed by atoms with van der Waals surface area (Å²) in [6, 6.07) is 11.7. The molecule has 0 bridgehead atoms. The zero-order valence-corrected chi connectivity index (χ0v) is 28.4. The van der Waals surface area contributed by atoms with Crippen LogP contribution in [0.15, 0.2) is 41.3 Å². The molecule has 2 atom stereocenters. The first-order valence-corrected chi connectivity index (χ1v) is 19.4. The van der Waals surface area contributed by atoms with Crippen molar-refractivity contribution in [3.63, 3.8) is 0 Å². The maximum absolute atomic E-state index is 12.9. The molecule has 2 aromatic carbocycles. The largest absolute Gasteiger partial charge is 0.295 e. The molecule has 0 amide bonds. The molecule has 0 aromatic heterocycles. The topological polar surface area (TPSA) is 54.4 Å². The lowest BCUT2D eigenvalue weighted by atomic mass is 9.77. The van der Waals surface area contributed by atoms with Gasteiger partial charge in [-0.05, 0) is 35.6 Å². The fraction of sp³-hybridized carbons (Fsp3) is 0.737. The summed E-state index contributed by atoms with van der Waals surface area (Å²) in [7, 11) is -4.35. The van der Waals surface area contributed by atoms with Crippen molar-refractivity contribution in [3.8, 4) is 0 Å². The zero-order valence-electron chi connectivity index (χ0n) is 27.6. The highest BCUT2D eigenvalue weighted by atomic mass is 32.2. The van der Waals surface area contributed by atoms with Crippen molar-refractivity contribution in [2.75, 3.05) is 0 Å². The quantitative estimate of drug-likeness (QED) is 0.0863. The third-order valence-corrected chi connectivity index (χ3v) is 10.3. The van der Waals surface area contributed by atoms with Gasteiger partial charge in [0, 0.05) is 5.39 Å². The Balaban J connectivity index is 2.10. The highest BCUT2D eigenvalue weighted by Crippen LogP contribution is 2.41. The Morgan fingerprint density at radius 2 is 1.02 bits per heavy atom. The Bertz CT molecular complexity index is 1060. The summed E-state index contributed by atoms with van der Waals surface area (Å²) >= 11 is 0. The van der Waals surface area contributed by atoms with E-state index in [2.05, 4.69) is 26.8 Å². The Morgan fingerprint density at radius 3 is 1.52 bits per heavy atom. The normalized spacial score (nSPS) is 13.5. The molecule has 0 saturated carbocycles. The number of hydrogen-bond donors (Lipinski definition) is 1. The van der Waals surface area contributed by atoms with Crippen LogP contribution in [0.1, 0.15) is 180 Å². The molecule has 2 unspecified atom stereocenters. The minimum absolute atomic E-state index is 0.158. The van der Waals surface area contributed by atoms with Gasteiger partial charge >= 0.3 is 0 Å². The van der Waals surface area contributed by atoms with Crippen molar-refractivity contribution >= 4 is 20.9 Å². The second-order valence-electron chi connectivity index (χ2n) is 12.9. The second-order valence-corrected chi connectivity index (χ2v) is 14.3. The molecule has 0 spiro atoms. The van der Waals surface area contributed by atoms with Crippen LogP contribution in [-0.4, -0.2) is 13.0 Å². The van der Waals surface area contributed by atoms with Crippen molar-refractivity contribution in [3.05, 3.63) is 42.0 Å². The standard InChI is InChI=1S/C38H64O3S/c1-4-7-9-11-13-15-16-17-19-21-23-29-35(33(26-6-3)27-22-20-18-14-12-10-8-5-2)37-32-31-34-28-24-25-30-36(34)38(37)42(39,40)41/h24-25,28,30-33,35H,4-23,26-27,29H2,1-3H3,(H,39,40,41). The molecular weight excluding hydrogens is 536 g/mol. The Labute approximate surface area is 260 Å². The van der Waals surface area contributed by atoms with Crippen LogP contribution in [0.4, 0.5) is 0 Å². The summed E-state index contributed by atoms with van der Waals surface area (Å²) in [5.74, 6) is 0.606. The highest BCUT2D eigenvalue weighted by Gasteiger charge is 2.29. The second kappa shape index (κ2) is 22.2. The van der Waals surface area contributed by atoms with Gasteiger partial charge in [0.25, 0.3) is 10.1 Å². The van der Waals surface area contributed by atoms with Crippen LogP contribution in [0, 0.1) is 5.92 Å². The van der Waals surface area contributed by atoms with E-state index in [9.17, 15) is 13.0 Å². The first-order chi connectivity index (χ1) is 20.4. The average molecular weight is 601 g/mol. The molecule has 2 rings (SSSR count). The van der Waals surface area contributed by atoms with Gasteiger partial charge in [-0.15, -0.1) is 0 Å². The van der Waals surface area contributed by atoms with E-state index < -0.39 is 10.1 Å². The predicted molar refractivity (Wildman–Crippen MR) is 183 cm³/mol. The van der Waals surface area contributed by atoms with Crippen molar-refractivity contribution < 1.29 is 13.0 Å². The fourth-order valence-corrected chi connectivity index (χ4v) is 7.95. The molecule has 42 heavy (non-hydrogen) atoms. The van der Waals surface area contributed by atoms with Gasteiger partial charge in [-0.3, -0.25) is 4.55 Å². The molecular formula is C38H64O3S. The van der Waals surface area contributed by atoms with Gasteiger partial charge in [-0.25, -0.2) is 0 Å². The molecule has 2 aromatic rings. The SMILES string of the molecule is CCCCCCCCCCCCCC(c1ccc2ccccc2c1S(=O)(=O)O)C(CCC)CCCCCCCCCC. The van der Waals surface area contributed by atoms with Crippen LogP contribution < -0.4 is 0 Å². The van der Waals surface area contributed by atoms with Crippen LogP contribution in [-0.2, 0) is 10.1 Å². The van der Waals surface area contributed by atoms with E-state index in [-0.39, 0.29) is 10.8 Å². The van der Waals surface area contributed by atoms with Crippen molar-refractivity contribution in [1.82, 2.24) is 0 Å². The number of hydrogen-bond acceptors (Lipinski definition) is 2. The maximum atomic E-state index is 12.9. The fourth-order valence-electron chi connectivity index (χ4n) is 6.97. The van der Waals surface area contributed by atoms with Crippen LogP contribution in [0.3, 0.4) is 0 Å². The zero-order chi connectivity index (χ0) is 30.5. The molecule has 0 heterocycles. The van der Waals surface area contributed by atoms with Crippen LogP contribution in [0.25, 0.3) is 10.8 Å². The molecule has 0 saturated heterocycles. The summed E-state index contributed by atoms with van der Waals surface area (Å²) in [5, 5.41) is 1.53. The lowest BCUT2D eigenvalue weighted by Crippen LogP contribution is -2.17. The van der Waals surface area contributed by atoms with Crippen molar-refractivity contribution in [2.45, 2.75) is 179 Å². The van der Waals surface area contributed by atoms with Gasteiger partial charge < -0.3 is 0 Å².